The van der Waals surface area contributed by atoms with E-state index in [1.54, 1.807) is 37.3 Å². The molecule has 0 fully saturated rings. The molecular weight excluding hydrogens is 393 g/mol. The molecule has 0 unspecified atom stereocenters. The molecule has 3 rings (SSSR count). The minimum absolute atomic E-state index is 0.0770. The normalized spacial score (nSPS) is 10.9. The molecule has 0 spiro atoms. The summed E-state index contributed by atoms with van der Waals surface area (Å²) in [5.74, 6) is -3.04. The van der Waals surface area contributed by atoms with Gasteiger partial charge in [-0.25, -0.2) is 14.6 Å². The molecule has 1 aromatic heterocycles. The number of hydrogen-bond acceptors (Lipinski definition) is 6. The SMILES string of the molecule is C/C(=N\NC(=O)C(=O)Nc1ccccc1F)c1ccc(OC(=O)c2ccco2)cc1. The molecule has 8 nitrogen and oxygen atoms in total. The van der Waals surface area contributed by atoms with E-state index in [9.17, 15) is 18.8 Å². The average Bonchev–Trinajstić information content (AvgIpc) is 3.29. The van der Waals surface area contributed by atoms with Gasteiger partial charge in [0, 0.05) is 0 Å². The van der Waals surface area contributed by atoms with Gasteiger partial charge in [-0.15, -0.1) is 0 Å². The second-order valence-corrected chi connectivity index (χ2v) is 5.96. The van der Waals surface area contributed by atoms with Gasteiger partial charge in [0.25, 0.3) is 0 Å². The lowest BCUT2D eigenvalue weighted by molar-refractivity contribution is -0.136. The Hall–Kier alpha value is -4.27. The van der Waals surface area contributed by atoms with E-state index < -0.39 is 23.6 Å². The molecule has 0 aliphatic heterocycles. The average molecular weight is 409 g/mol. The predicted molar refractivity (Wildman–Crippen MR) is 105 cm³/mol. The minimum Gasteiger partial charge on any atom is -0.457 e. The lowest BCUT2D eigenvalue weighted by Crippen LogP contribution is -2.33. The molecule has 2 aromatic carbocycles. The van der Waals surface area contributed by atoms with E-state index in [1.165, 1.54) is 30.5 Å². The van der Waals surface area contributed by atoms with Crippen molar-refractivity contribution < 1.29 is 27.9 Å². The zero-order valence-electron chi connectivity index (χ0n) is 15.7. The molecule has 1 heterocycles. The van der Waals surface area contributed by atoms with Crippen molar-refractivity contribution >= 4 is 29.2 Å². The zero-order valence-corrected chi connectivity index (χ0v) is 15.7. The number of carbonyl (C=O) groups is 3. The summed E-state index contributed by atoms with van der Waals surface area (Å²) in [6.45, 7) is 1.61. The number of para-hydroxylation sites is 1. The van der Waals surface area contributed by atoms with E-state index in [2.05, 4.69) is 15.8 Å². The summed E-state index contributed by atoms with van der Waals surface area (Å²) in [4.78, 5) is 35.5. The minimum atomic E-state index is -1.06. The number of hydrazone groups is 1. The topological polar surface area (TPSA) is 110 Å². The molecule has 0 aliphatic carbocycles. The van der Waals surface area contributed by atoms with E-state index >= 15 is 0 Å². The maximum absolute atomic E-state index is 13.5. The summed E-state index contributed by atoms with van der Waals surface area (Å²) in [6, 6.07) is 14.9. The van der Waals surface area contributed by atoms with Crippen LogP contribution < -0.4 is 15.5 Å². The Morgan fingerprint density at radius 3 is 2.37 bits per heavy atom. The van der Waals surface area contributed by atoms with Crippen LogP contribution in [0.3, 0.4) is 0 Å². The summed E-state index contributed by atoms with van der Waals surface area (Å²) in [5.41, 5.74) is 3.00. The number of halogens is 1. The monoisotopic (exact) mass is 409 g/mol. The number of hydrogen-bond donors (Lipinski definition) is 2. The first-order valence-electron chi connectivity index (χ1n) is 8.70. The third-order valence-corrected chi connectivity index (χ3v) is 3.86. The molecule has 0 radical (unpaired) electrons. The number of ether oxygens (including phenoxy) is 1. The molecule has 0 atom stereocenters. The Balaban J connectivity index is 1.57. The summed E-state index contributed by atoms with van der Waals surface area (Å²) >= 11 is 0. The first-order chi connectivity index (χ1) is 14.4. The Morgan fingerprint density at radius 2 is 1.70 bits per heavy atom. The van der Waals surface area contributed by atoms with E-state index in [1.807, 2.05) is 0 Å². The Bertz CT molecular complexity index is 1090. The van der Waals surface area contributed by atoms with Crippen LogP contribution in [0, 0.1) is 5.82 Å². The number of amides is 2. The number of nitrogens with zero attached hydrogens (tertiary/aromatic N) is 1. The predicted octanol–water partition coefficient (Wildman–Crippen LogP) is 3.12. The van der Waals surface area contributed by atoms with Gasteiger partial charge in [-0.05, 0) is 61.0 Å². The van der Waals surface area contributed by atoms with Crippen LogP contribution in [0.2, 0.25) is 0 Å². The molecule has 0 saturated carbocycles. The summed E-state index contributed by atoms with van der Waals surface area (Å²) in [5, 5.41) is 6.01. The smallest absolute Gasteiger partial charge is 0.379 e. The van der Waals surface area contributed by atoms with Crippen LogP contribution >= 0.6 is 0 Å². The molecular formula is C21H16FN3O5. The van der Waals surface area contributed by atoms with Crippen molar-refractivity contribution in [2.45, 2.75) is 6.92 Å². The highest BCUT2D eigenvalue weighted by Crippen LogP contribution is 2.15. The van der Waals surface area contributed by atoms with Crippen molar-refractivity contribution in [1.82, 2.24) is 5.43 Å². The number of esters is 1. The van der Waals surface area contributed by atoms with Gasteiger partial charge < -0.3 is 14.5 Å². The third kappa shape index (κ3) is 5.16. The number of carbonyl (C=O) groups excluding carboxylic acids is 3. The second kappa shape index (κ2) is 9.28. The fourth-order valence-electron chi connectivity index (χ4n) is 2.31. The molecule has 0 bridgehead atoms. The first-order valence-corrected chi connectivity index (χ1v) is 8.70. The van der Waals surface area contributed by atoms with Gasteiger partial charge in [0.2, 0.25) is 5.76 Å². The maximum atomic E-state index is 13.5. The third-order valence-electron chi connectivity index (χ3n) is 3.86. The number of rotatable bonds is 5. The molecule has 30 heavy (non-hydrogen) atoms. The first kappa shape index (κ1) is 20.5. The van der Waals surface area contributed by atoms with Crippen molar-refractivity contribution in [3.05, 3.63) is 84.1 Å². The zero-order chi connectivity index (χ0) is 21.5. The standard InChI is InChI=1S/C21H16FN3O5/c1-13(24-25-20(27)19(26)23-17-6-3-2-5-16(17)22)14-8-10-15(11-9-14)30-21(28)18-7-4-12-29-18/h2-12H,1H3,(H,23,26)(H,25,27)/b24-13+. The van der Waals surface area contributed by atoms with Gasteiger partial charge in [-0.2, -0.15) is 5.10 Å². The lowest BCUT2D eigenvalue weighted by atomic mass is 10.1. The van der Waals surface area contributed by atoms with E-state index in [4.69, 9.17) is 9.15 Å². The summed E-state index contributed by atoms with van der Waals surface area (Å²) in [6.07, 6.45) is 1.37. The van der Waals surface area contributed by atoms with Gasteiger partial charge >= 0.3 is 17.8 Å². The number of benzene rings is 2. The van der Waals surface area contributed by atoms with Gasteiger partial charge in [0.1, 0.15) is 11.6 Å². The fraction of sp³-hybridized carbons (Fsp3) is 0.0476. The fourth-order valence-corrected chi connectivity index (χ4v) is 2.31. The maximum Gasteiger partial charge on any atom is 0.379 e. The number of furan rings is 1. The molecule has 2 N–H and O–H groups in total. The van der Waals surface area contributed by atoms with Crippen LogP contribution in [0.15, 0.2) is 76.4 Å². The largest absolute Gasteiger partial charge is 0.457 e. The summed E-state index contributed by atoms with van der Waals surface area (Å²) < 4.78 is 23.7. The van der Waals surface area contributed by atoms with Gasteiger partial charge in [0.05, 0.1) is 17.7 Å². The summed E-state index contributed by atoms with van der Waals surface area (Å²) in [7, 11) is 0. The van der Waals surface area contributed by atoms with Crippen molar-refractivity contribution in [1.29, 1.82) is 0 Å². The Morgan fingerprint density at radius 1 is 0.967 bits per heavy atom. The van der Waals surface area contributed by atoms with Gasteiger partial charge in [0.15, 0.2) is 0 Å². The molecule has 0 saturated heterocycles. The Kier molecular flexibility index (Phi) is 6.33. The van der Waals surface area contributed by atoms with Crippen molar-refractivity contribution in [3.63, 3.8) is 0 Å². The highest BCUT2D eigenvalue weighted by molar-refractivity contribution is 6.39. The second-order valence-electron chi connectivity index (χ2n) is 5.96. The van der Waals surface area contributed by atoms with E-state index in [0.717, 1.165) is 6.07 Å². The van der Waals surface area contributed by atoms with Crippen LogP contribution in [0.4, 0.5) is 10.1 Å². The molecule has 9 heteroatoms. The number of nitrogens with one attached hydrogen (secondary N) is 2. The van der Waals surface area contributed by atoms with Crippen molar-refractivity contribution in [3.8, 4) is 5.75 Å². The van der Waals surface area contributed by atoms with Crippen LogP contribution in [0.25, 0.3) is 0 Å². The van der Waals surface area contributed by atoms with Crippen LogP contribution in [0.1, 0.15) is 23.0 Å². The molecule has 152 valence electrons. The molecule has 0 aliphatic rings. The van der Waals surface area contributed by atoms with Crippen molar-refractivity contribution in [2.75, 3.05) is 5.32 Å². The lowest BCUT2D eigenvalue weighted by Gasteiger charge is -2.06. The molecule has 2 amide bonds. The quantitative estimate of drug-likeness (QED) is 0.221. The highest BCUT2D eigenvalue weighted by Gasteiger charge is 2.15. The molecule has 3 aromatic rings. The van der Waals surface area contributed by atoms with E-state index in [0.29, 0.717) is 17.0 Å². The van der Waals surface area contributed by atoms with Crippen LogP contribution in [-0.4, -0.2) is 23.5 Å². The van der Waals surface area contributed by atoms with Gasteiger partial charge in [-0.1, -0.05) is 12.1 Å². The highest BCUT2D eigenvalue weighted by atomic mass is 19.1. The van der Waals surface area contributed by atoms with Crippen LogP contribution in [-0.2, 0) is 9.59 Å². The van der Waals surface area contributed by atoms with Gasteiger partial charge in [-0.3, -0.25) is 9.59 Å². The van der Waals surface area contributed by atoms with Crippen LogP contribution in [0.5, 0.6) is 5.75 Å². The Labute approximate surface area is 170 Å². The van der Waals surface area contributed by atoms with E-state index in [-0.39, 0.29) is 11.4 Å². The van der Waals surface area contributed by atoms with Crippen molar-refractivity contribution in [2.24, 2.45) is 5.10 Å². The number of anilines is 1.